The van der Waals surface area contributed by atoms with E-state index in [-0.39, 0.29) is 4.90 Å². The van der Waals surface area contributed by atoms with Gasteiger partial charge in [0.15, 0.2) is 9.84 Å². The number of benzene rings is 2. The Labute approximate surface area is 135 Å². The minimum Gasteiger partial charge on any atom is -0.272 e. The van der Waals surface area contributed by atoms with Gasteiger partial charge in [0.25, 0.3) is 5.91 Å². The average molecular weight is 328 g/mol. The van der Waals surface area contributed by atoms with E-state index in [2.05, 4.69) is 5.10 Å². The lowest BCUT2D eigenvalue weighted by molar-refractivity contribution is -0.127. The van der Waals surface area contributed by atoms with Crippen LogP contribution < -0.4 is 0 Å². The SMILES string of the molecule is O=C(CS(=O)(=O)c1ccccc1)N1CCC(c2ccccc2)=N1. The number of hydrazone groups is 1. The van der Waals surface area contributed by atoms with Crippen LogP contribution in [-0.2, 0) is 14.6 Å². The Hall–Kier alpha value is -2.47. The van der Waals surface area contributed by atoms with E-state index in [0.29, 0.717) is 13.0 Å². The van der Waals surface area contributed by atoms with Crippen molar-refractivity contribution in [1.82, 2.24) is 5.01 Å². The molecule has 0 saturated heterocycles. The van der Waals surface area contributed by atoms with Gasteiger partial charge in [-0.05, 0) is 17.7 Å². The third kappa shape index (κ3) is 3.48. The van der Waals surface area contributed by atoms with E-state index in [1.54, 1.807) is 18.2 Å². The minimum atomic E-state index is -3.64. The van der Waals surface area contributed by atoms with Crippen LogP contribution in [0.4, 0.5) is 0 Å². The Kier molecular flexibility index (Phi) is 4.25. The Morgan fingerprint density at radius 1 is 1.00 bits per heavy atom. The third-order valence-electron chi connectivity index (χ3n) is 3.61. The second-order valence-corrected chi connectivity index (χ2v) is 7.24. The molecular weight excluding hydrogens is 312 g/mol. The van der Waals surface area contributed by atoms with Gasteiger partial charge in [-0.1, -0.05) is 48.5 Å². The Morgan fingerprint density at radius 2 is 1.61 bits per heavy atom. The molecule has 5 nitrogen and oxygen atoms in total. The molecule has 2 aromatic carbocycles. The molecule has 0 radical (unpaired) electrons. The topological polar surface area (TPSA) is 66.8 Å². The lowest BCUT2D eigenvalue weighted by Crippen LogP contribution is -2.30. The van der Waals surface area contributed by atoms with E-state index in [1.807, 2.05) is 30.3 Å². The highest BCUT2D eigenvalue weighted by Crippen LogP contribution is 2.16. The molecule has 6 heteroatoms. The molecule has 0 N–H and O–H groups in total. The highest BCUT2D eigenvalue weighted by atomic mass is 32.2. The second-order valence-electron chi connectivity index (χ2n) is 5.25. The highest BCUT2D eigenvalue weighted by Gasteiger charge is 2.26. The molecule has 0 spiro atoms. The zero-order chi connectivity index (χ0) is 16.3. The number of nitrogens with zero attached hydrogens (tertiary/aromatic N) is 2. The van der Waals surface area contributed by atoms with Gasteiger partial charge in [-0.25, -0.2) is 13.4 Å². The van der Waals surface area contributed by atoms with Gasteiger partial charge in [-0.3, -0.25) is 4.79 Å². The van der Waals surface area contributed by atoms with Crippen molar-refractivity contribution < 1.29 is 13.2 Å². The molecule has 2 aromatic rings. The molecule has 118 valence electrons. The number of sulfone groups is 1. The van der Waals surface area contributed by atoms with Crippen molar-refractivity contribution >= 4 is 21.5 Å². The van der Waals surface area contributed by atoms with E-state index >= 15 is 0 Å². The maximum atomic E-state index is 12.3. The average Bonchev–Trinajstić information content (AvgIpc) is 3.06. The van der Waals surface area contributed by atoms with Gasteiger partial charge in [-0.2, -0.15) is 5.10 Å². The van der Waals surface area contributed by atoms with Gasteiger partial charge in [0.1, 0.15) is 5.75 Å². The van der Waals surface area contributed by atoms with Gasteiger partial charge in [0.2, 0.25) is 0 Å². The van der Waals surface area contributed by atoms with Crippen LogP contribution in [0, 0.1) is 0 Å². The van der Waals surface area contributed by atoms with Gasteiger partial charge in [-0.15, -0.1) is 0 Å². The molecule has 0 saturated carbocycles. The number of carbonyl (C=O) groups excluding carboxylic acids is 1. The quantitative estimate of drug-likeness (QED) is 0.863. The zero-order valence-corrected chi connectivity index (χ0v) is 13.2. The predicted octanol–water partition coefficient (Wildman–Crippen LogP) is 2.10. The van der Waals surface area contributed by atoms with Crippen LogP contribution in [-0.4, -0.2) is 37.3 Å². The molecule has 23 heavy (non-hydrogen) atoms. The van der Waals surface area contributed by atoms with Crippen molar-refractivity contribution in [2.75, 3.05) is 12.3 Å². The summed E-state index contributed by atoms with van der Waals surface area (Å²) in [4.78, 5) is 12.4. The first-order valence-electron chi connectivity index (χ1n) is 7.27. The summed E-state index contributed by atoms with van der Waals surface area (Å²) in [6.07, 6.45) is 0.626. The summed E-state index contributed by atoms with van der Waals surface area (Å²) in [6.45, 7) is 0.410. The monoisotopic (exact) mass is 328 g/mol. The molecule has 1 aliphatic heterocycles. The first-order valence-corrected chi connectivity index (χ1v) is 8.92. The normalized spacial score (nSPS) is 14.6. The van der Waals surface area contributed by atoms with Crippen molar-refractivity contribution in [3.8, 4) is 0 Å². The zero-order valence-electron chi connectivity index (χ0n) is 12.4. The fourth-order valence-corrected chi connectivity index (χ4v) is 3.63. The molecule has 1 aliphatic rings. The summed E-state index contributed by atoms with van der Waals surface area (Å²) in [5.41, 5.74) is 1.75. The lowest BCUT2D eigenvalue weighted by Gasteiger charge is -2.11. The largest absolute Gasteiger partial charge is 0.272 e. The van der Waals surface area contributed by atoms with Crippen molar-refractivity contribution in [3.63, 3.8) is 0 Å². The van der Waals surface area contributed by atoms with Crippen molar-refractivity contribution in [3.05, 3.63) is 66.2 Å². The summed E-state index contributed by atoms with van der Waals surface area (Å²) >= 11 is 0. The molecule has 0 atom stereocenters. The number of hydrogen-bond donors (Lipinski definition) is 0. The highest BCUT2D eigenvalue weighted by molar-refractivity contribution is 7.92. The number of hydrogen-bond acceptors (Lipinski definition) is 4. The summed E-state index contributed by atoms with van der Waals surface area (Å²) in [5, 5.41) is 5.52. The van der Waals surface area contributed by atoms with Crippen LogP contribution in [0.1, 0.15) is 12.0 Å². The molecule has 0 unspecified atom stereocenters. The Morgan fingerprint density at radius 3 is 2.26 bits per heavy atom. The van der Waals surface area contributed by atoms with Gasteiger partial charge >= 0.3 is 0 Å². The number of carbonyl (C=O) groups is 1. The van der Waals surface area contributed by atoms with E-state index in [1.165, 1.54) is 17.1 Å². The Balaban J connectivity index is 1.74. The minimum absolute atomic E-state index is 0.153. The standard InChI is InChI=1S/C17H16N2O3S/c20-17(13-23(21,22)15-9-5-2-6-10-15)19-12-11-16(18-19)14-7-3-1-4-8-14/h1-10H,11-13H2. The third-order valence-corrected chi connectivity index (χ3v) is 5.23. The molecule has 1 amide bonds. The Bertz CT molecular complexity index is 831. The molecule has 3 rings (SSSR count). The maximum Gasteiger partial charge on any atom is 0.258 e. The first-order chi connectivity index (χ1) is 11.1. The van der Waals surface area contributed by atoms with Crippen molar-refractivity contribution in [2.45, 2.75) is 11.3 Å². The van der Waals surface area contributed by atoms with Crippen molar-refractivity contribution in [2.24, 2.45) is 5.10 Å². The molecule has 0 fully saturated rings. The molecule has 0 aromatic heterocycles. The summed E-state index contributed by atoms with van der Waals surface area (Å²) in [5.74, 6) is -1.07. The summed E-state index contributed by atoms with van der Waals surface area (Å²) in [7, 11) is -3.64. The van der Waals surface area contributed by atoms with E-state index in [0.717, 1.165) is 11.3 Å². The predicted molar refractivity (Wildman–Crippen MR) is 87.8 cm³/mol. The second kappa shape index (κ2) is 6.34. The summed E-state index contributed by atoms with van der Waals surface area (Å²) < 4.78 is 24.5. The van der Waals surface area contributed by atoms with Crippen LogP contribution in [0.3, 0.4) is 0 Å². The number of amides is 1. The van der Waals surface area contributed by atoms with Gasteiger partial charge in [0.05, 0.1) is 17.2 Å². The molecule has 0 aliphatic carbocycles. The molecule has 0 bridgehead atoms. The van der Waals surface area contributed by atoms with Crippen LogP contribution >= 0.6 is 0 Å². The van der Waals surface area contributed by atoms with Crippen LogP contribution in [0.25, 0.3) is 0 Å². The first kappa shape index (κ1) is 15.4. The number of rotatable bonds is 4. The summed E-state index contributed by atoms with van der Waals surface area (Å²) in [6, 6.07) is 17.6. The van der Waals surface area contributed by atoms with Crippen molar-refractivity contribution in [1.29, 1.82) is 0 Å². The van der Waals surface area contributed by atoms with Gasteiger partial charge < -0.3 is 0 Å². The van der Waals surface area contributed by atoms with E-state index in [4.69, 9.17) is 0 Å². The van der Waals surface area contributed by atoms with Crippen LogP contribution in [0.15, 0.2) is 70.7 Å². The molecule has 1 heterocycles. The van der Waals surface area contributed by atoms with Gasteiger partial charge in [0, 0.05) is 6.42 Å². The lowest BCUT2D eigenvalue weighted by atomic mass is 10.1. The van der Waals surface area contributed by atoms with E-state index in [9.17, 15) is 13.2 Å². The fourth-order valence-electron chi connectivity index (χ4n) is 2.42. The van der Waals surface area contributed by atoms with E-state index < -0.39 is 21.5 Å². The molecular formula is C17H16N2O3S. The fraction of sp³-hybridized carbons (Fsp3) is 0.176. The maximum absolute atomic E-state index is 12.3. The van der Waals surface area contributed by atoms with Crippen LogP contribution in [0.5, 0.6) is 0 Å². The van der Waals surface area contributed by atoms with Crippen LogP contribution in [0.2, 0.25) is 0 Å². The smallest absolute Gasteiger partial charge is 0.258 e.